The molecule has 3 rings (SSSR count). The number of nitrogens with zero attached hydrogens (tertiary/aromatic N) is 5. The molecule has 1 amide bonds. The maximum Gasteiger partial charge on any atom is 0.236 e. The first kappa shape index (κ1) is 17.1. The summed E-state index contributed by atoms with van der Waals surface area (Å²) >= 11 is 4.37. The summed E-state index contributed by atoms with van der Waals surface area (Å²) < 4.78 is 2.07. The van der Waals surface area contributed by atoms with Crippen LogP contribution in [0.2, 0.25) is 0 Å². The molecule has 10 heteroatoms. The van der Waals surface area contributed by atoms with Crippen molar-refractivity contribution in [3.63, 3.8) is 0 Å². The minimum absolute atomic E-state index is 0.125. The van der Waals surface area contributed by atoms with Crippen molar-refractivity contribution in [3.8, 4) is 10.7 Å². The first-order valence-corrected chi connectivity index (χ1v) is 10.1. The van der Waals surface area contributed by atoms with Crippen LogP contribution in [0.15, 0.2) is 22.7 Å². The Balaban J connectivity index is 1.67. The third-order valence-electron chi connectivity index (χ3n) is 3.01. The summed E-state index contributed by atoms with van der Waals surface area (Å²) in [4.78, 5) is 13.1. The summed E-state index contributed by atoms with van der Waals surface area (Å²) in [5.74, 6) is 0.986. The quantitative estimate of drug-likeness (QED) is 0.633. The summed E-state index contributed by atoms with van der Waals surface area (Å²) in [6.07, 6.45) is 0.972. The molecular formula is C14H16N6OS3. The lowest BCUT2D eigenvalue weighted by Crippen LogP contribution is -2.14. The molecule has 0 aromatic carbocycles. The summed E-state index contributed by atoms with van der Waals surface area (Å²) in [6, 6.07) is 4.02. The van der Waals surface area contributed by atoms with E-state index in [9.17, 15) is 4.79 Å². The van der Waals surface area contributed by atoms with Crippen molar-refractivity contribution in [2.45, 2.75) is 32.0 Å². The second-order valence-electron chi connectivity index (χ2n) is 4.90. The topological polar surface area (TPSA) is 85.6 Å². The molecule has 0 spiro atoms. The summed E-state index contributed by atoms with van der Waals surface area (Å²) in [5.41, 5.74) is 0. The average molecular weight is 381 g/mol. The summed E-state index contributed by atoms with van der Waals surface area (Å²) in [7, 11) is 0. The number of nitrogens with one attached hydrogen (secondary N) is 1. The monoisotopic (exact) mass is 380 g/mol. The fourth-order valence-corrected chi connectivity index (χ4v) is 4.13. The number of aryl methyl sites for hydroxylation is 1. The molecule has 0 aliphatic rings. The van der Waals surface area contributed by atoms with Crippen LogP contribution in [0.1, 0.15) is 18.4 Å². The van der Waals surface area contributed by atoms with Gasteiger partial charge in [0.05, 0.1) is 10.6 Å². The van der Waals surface area contributed by atoms with Crippen LogP contribution in [0, 0.1) is 6.92 Å². The van der Waals surface area contributed by atoms with Gasteiger partial charge in [0.25, 0.3) is 0 Å². The van der Waals surface area contributed by atoms with Crippen molar-refractivity contribution < 1.29 is 4.79 Å². The lowest BCUT2D eigenvalue weighted by Gasteiger charge is -2.07. The van der Waals surface area contributed by atoms with Crippen molar-refractivity contribution in [2.75, 3.05) is 11.1 Å². The lowest BCUT2D eigenvalue weighted by atomic mass is 10.4. The zero-order valence-electron chi connectivity index (χ0n) is 13.2. The molecule has 0 atom stereocenters. The van der Waals surface area contributed by atoms with Gasteiger partial charge < -0.3 is 4.57 Å². The van der Waals surface area contributed by atoms with E-state index in [4.69, 9.17) is 0 Å². The van der Waals surface area contributed by atoms with Gasteiger partial charge >= 0.3 is 0 Å². The highest BCUT2D eigenvalue weighted by Crippen LogP contribution is 2.27. The maximum absolute atomic E-state index is 12.1. The number of amides is 1. The van der Waals surface area contributed by atoms with E-state index in [1.165, 1.54) is 23.1 Å². The van der Waals surface area contributed by atoms with Crippen molar-refractivity contribution >= 4 is 45.5 Å². The number of aromatic nitrogens is 5. The van der Waals surface area contributed by atoms with Crippen molar-refractivity contribution in [1.82, 2.24) is 25.0 Å². The van der Waals surface area contributed by atoms with Gasteiger partial charge in [0, 0.05) is 6.54 Å². The molecule has 24 heavy (non-hydrogen) atoms. The molecule has 0 bridgehead atoms. The highest BCUT2D eigenvalue weighted by molar-refractivity contribution is 7.99. The SMILES string of the molecule is CCCn1c(SCC(=O)Nc2nnc(C)s2)nnc1-c1cccs1. The number of rotatable bonds is 7. The minimum Gasteiger partial charge on any atom is -0.301 e. The second-order valence-corrected chi connectivity index (χ2v) is 7.97. The zero-order chi connectivity index (χ0) is 16.9. The minimum atomic E-state index is -0.125. The number of hydrogen-bond acceptors (Lipinski definition) is 8. The third-order valence-corrected chi connectivity index (χ3v) is 5.60. The van der Waals surface area contributed by atoms with Crippen LogP contribution >= 0.6 is 34.4 Å². The number of hydrogen-bond donors (Lipinski definition) is 1. The van der Waals surface area contributed by atoms with Gasteiger partial charge in [-0.3, -0.25) is 10.1 Å². The Bertz CT molecular complexity index is 810. The molecule has 0 aliphatic carbocycles. The van der Waals surface area contributed by atoms with Crippen molar-refractivity contribution in [2.24, 2.45) is 0 Å². The Labute approximate surface area is 151 Å². The molecule has 0 radical (unpaired) electrons. The molecule has 3 heterocycles. The number of carbonyl (C=O) groups excluding carboxylic acids is 1. The van der Waals surface area contributed by atoms with Crippen LogP contribution in [0.25, 0.3) is 10.7 Å². The van der Waals surface area contributed by atoms with Crippen LogP contribution in [0.4, 0.5) is 5.13 Å². The third kappa shape index (κ3) is 4.00. The van der Waals surface area contributed by atoms with E-state index in [1.54, 1.807) is 11.3 Å². The first-order chi connectivity index (χ1) is 11.7. The van der Waals surface area contributed by atoms with Gasteiger partial charge in [-0.25, -0.2) is 0 Å². The fraction of sp³-hybridized carbons (Fsp3) is 0.357. The van der Waals surface area contributed by atoms with Crippen LogP contribution in [0.3, 0.4) is 0 Å². The van der Waals surface area contributed by atoms with E-state index in [0.29, 0.717) is 5.13 Å². The summed E-state index contributed by atoms with van der Waals surface area (Å²) in [6.45, 7) is 4.78. The predicted octanol–water partition coefficient (Wildman–Crippen LogP) is 3.31. The molecule has 0 saturated carbocycles. The Morgan fingerprint density at radius 1 is 1.33 bits per heavy atom. The largest absolute Gasteiger partial charge is 0.301 e. The van der Waals surface area contributed by atoms with E-state index in [2.05, 4.69) is 37.2 Å². The Morgan fingerprint density at radius 2 is 2.21 bits per heavy atom. The van der Waals surface area contributed by atoms with Crippen molar-refractivity contribution in [3.05, 3.63) is 22.5 Å². The molecule has 0 aliphatic heterocycles. The van der Waals surface area contributed by atoms with Gasteiger partial charge in [-0.05, 0) is 24.8 Å². The number of anilines is 1. The lowest BCUT2D eigenvalue weighted by molar-refractivity contribution is -0.113. The van der Waals surface area contributed by atoms with Crippen LogP contribution in [0.5, 0.6) is 0 Å². The molecular weight excluding hydrogens is 364 g/mol. The highest BCUT2D eigenvalue weighted by Gasteiger charge is 2.16. The zero-order valence-corrected chi connectivity index (χ0v) is 15.7. The molecule has 0 unspecified atom stereocenters. The molecule has 0 fully saturated rings. The van der Waals surface area contributed by atoms with Gasteiger partial charge in [-0.2, -0.15) is 0 Å². The van der Waals surface area contributed by atoms with Crippen LogP contribution in [-0.2, 0) is 11.3 Å². The van der Waals surface area contributed by atoms with E-state index < -0.39 is 0 Å². The van der Waals surface area contributed by atoms with Gasteiger partial charge in [0.2, 0.25) is 11.0 Å². The maximum atomic E-state index is 12.1. The van der Waals surface area contributed by atoms with Gasteiger partial charge in [-0.1, -0.05) is 36.1 Å². The normalized spacial score (nSPS) is 10.9. The second kappa shape index (κ2) is 7.86. The van der Waals surface area contributed by atoms with Crippen LogP contribution < -0.4 is 5.32 Å². The molecule has 126 valence electrons. The summed E-state index contributed by atoms with van der Waals surface area (Å²) in [5, 5.41) is 23.2. The molecule has 3 aromatic rings. The van der Waals surface area contributed by atoms with Gasteiger partial charge in [-0.15, -0.1) is 31.7 Å². The molecule has 0 saturated heterocycles. The smallest absolute Gasteiger partial charge is 0.236 e. The fourth-order valence-electron chi connectivity index (χ4n) is 2.04. The number of thiophene rings is 1. The molecule has 7 nitrogen and oxygen atoms in total. The van der Waals surface area contributed by atoms with Gasteiger partial charge in [0.1, 0.15) is 5.01 Å². The molecule has 1 N–H and O–H groups in total. The average Bonchev–Trinajstić information content (AvgIpc) is 3.27. The first-order valence-electron chi connectivity index (χ1n) is 7.37. The Morgan fingerprint density at radius 3 is 2.88 bits per heavy atom. The molecule has 3 aromatic heterocycles. The van der Waals surface area contributed by atoms with Gasteiger partial charge in [0.15, 0.2) is 11.0 Å². The van der Waals surface area contributed by atoms with E-state index in [1.807, 2.05) is 24.4 Å². The number of carbonyl (C=O) groups is 1. The van der Waals surface area contributed by atoms with E-state index in [-0.39, 0.29) is 11.7 Å². The standard InChI is InChI=1S/C14H16N6OS3/c1-3-6-20-12(10-5-4-7-22-10)17-19-14(20)23-8-11(21)15-13-18-16-9(2)24-13/h4-5,7H,3,6,8H2,1-2H3,(H,15,18,21). The van der Waals surface area contributed by atoms with Crippen LogP contribution in [-0.4, -0.2) is 36.6 Å². The van der Waals surface area contributed by atoms with E-state index >= 15 is 0 Å². The highest BCUT2D eigenvalue weighted by atomic mass is 32.2. The number of thioether (sulfide) groups is 1. The van der Waals surface area contributed by atoms with Crippen molar-refractivity contribution in [1.29, 1.82) is 0 Å². The Kier molecular flexibility index (Phi) is 5.59. The Hall–Kier alpha value is -1.78. The predicted molar refractivity (Wildman–Crippen MR) is 97.6 cm³/mol. The van der Waals surface area contributed by atoms with E-state index in [0.717, 1.165) is 33.8 Å².